The Bertz CT molecular complexity index is 1750. The standard InChI is InChI=1S/C32H26Cl3N3O3/c1-19-26(27-16-24(41-3)11-13-29(27)38(19)32(40)20-6-8-22(33)9-7-20)17-30(39)37(2)31(21-5-4-14-36-18-21)25-12-10-23(34)15-28(25)35/h4-16,18,31H,17H2,1-3H3. The number of hydrogen-bond donors (Lipinski definition) is 0. The Morgan fingerprint density at radius 2 is 1.71 bits per heavy atom. The summed E-state index contributed by atoms with van der Waals surface area (Å²) in [6, 6.07) is 20.6. The summed E-state index contributed by atoms with van der Waals surface area (Å²) in [6.07, 6.45) is 3.43. The van der Waals surface area contributed by atoms with Gasteiger partial charge in [-0.2, -0.15) is 0 Å². The summed E-state index contributed by atoms with van der Waals surface area (Å²) in [5.74, 6) is 0.230. The average molecular weight is 607 g/mol. The number of hydrogen-bond acceptors (Lipinski definition) is 4. The van der Waals surface area contributed by atoms with Gasteiger partial charge in [-0.25, -0.2) is 0 Å². The minimum absolute atomic E-state index is 0.0366. The van der Waals surface area contributed by atoms with E-state index in [0.29, 0.717) is 37.6 Å². The zero-order valence-electron chi connectivity index (χ0n) is 22.6. The van der Waals surface area contributed by atoms with Crippen LogP contribution in [-0.2, 0) is 11.2 Å². The predicted molar refractivity (Wildman–Crippen MR) is 163 cm³/mol. The maximum Gasteiger partial charge on any atom is 0.262 e. The smallest absolute Gasteiger partial charge is 0.262 e. The number of rotatable bonds is 7. The zero-order chi connectivity index (χ0) is 29.3. The van der Waals surface area contributed by atoms with Crippen LogP contribution in [0.15, 0.2) is 85.2 Å². The maximum absolute atomic E-state index is 14.0. The fraction of sp³-hybridized carbons (Fsp3) is 0.156. The number of fused-ring (bicyclic) bond motifs is 1. The molecule has 0 fully saturated rings. The van der Waals surface area contributed by atoms with E-state index in [2.05, 4.69) is 4.98 Å². The molecule has 0 aliphatic carbocycles. The van der Waals surface area contributed by atoms with Crippen molar-refractivity contribution in [3.8, 4) is 5.75 Å². The van der Waals surface area contributed by atoms with Gasteiger partial charge in [-0.05, 0) is 84.3 Å². The molecule has 3 aromatic carbocycles. The number of nitrogens with zero attached hydrogens (tertiary/aromatic N) is 3. The lowest BCUT2D eigenvalue weighted by atomic mass is 9.97. The third-order valence-corrected chi connectivity index (χ3v) is 8.02. The van der Waals surface area contributed by atoms with Crippen molar-refractivity contribution in [3.05, 3.63) is 128 Å². The van der Waals surface area contributed by atoms with E-state index in [-0.39, 0.29) is 18.2 Å². The molecule has 5 rings (SSSR count). The first kappa shape index (κ1) is 28.7. The third kappa shape index (κ3) is 5.68. The predicted octanol–water partition coefficient (Wildman–Crippen LogP) is 7.79. The van der Waals surface area contributed by atoms with Crippen molar-refractivity contribution in [1.29, 1.82) is 0 Å². The number of amides is 1. The molecule has 0 saturated carbocycles. The number of likely N-dealkylation sites (N-methyl/N-ethyl adjacent to an activating group) is 1. The van der Waals surface area contributed by atoms with Crippen molar-refractivity contribution in [2.75, 3.05) is 14.2 Å². The van der Waals surface area contributed by atoms with Crippen LogP contribution in [-0.4, -0.2) is 40.4 Å². The molecule has 0 aliphatic rings. The van der Waals surface area contributed by atoms with Crippen molar-refractivity contribution in [3.63, 3.8) is 0 Å². The van der Waals surface area contributed by atoms with Gasteiger partial charge in [0, 0.05) is 51.2 Å². The van der Waals surface area contributed by atoms with Crippen molar-refractivity contribution in [1.82, 2.24) is 14.5 Å². The van der Waals surface area contributed by atoms with Gasteiger partial charge >= 0.3 is 0 Å². The van der Waals surface area contributed by atoms with Gasteiger partial charge in [0.25, 0.3) is 5.91 Å². The molecule has 0 radical (unpaired) electrons. The molecule has 6 nitrogen and oxygen atoms in total. The molecule has 0 spiro atoms. The Kier molecular flexibility index (Phi) is 8.36. The lowest BCUT2D eigenvalue weighted by molar-refractivity contribution is -0.130. The Morgan fingerprint density at radius 1 is 0.976 bits per heavy atom. The first-order valence-electron chi connectivity index (χ1n) is 12.8. The first-order chi connectivity index (χ1) is 19.7. The molecule has 1 atom stereocenters. The fourth-order valence-electron chi connectivity index (χ4n) is 5.09. The van der Waals surface area contributed by atoms with Gasteiger partial charge in [0.15, 0.2) is 0 Å². The van der Waals surface area contributed by atoms with Crippen LogP contribution in [0.3, 0.4) is 0 Å². The van der Waals surface area contributed by atoms with E-state index in [9.17, 15) is 9.59 Å². The minimum atomic E-state index is -0.514. The summed E-state index contributed by atoms with van der Waals surface area (Å²) < 4.78 is 7.11. The highest BCUT2D eigenvalue weighted by Gasteiger charge is 2.28. The number of methoxy groups -OCH3 is 1. The average Bonchev–Trinajstić information content (AvgIpc) is 3.24. The van der Waals surface area contributed by atoms with E-state index < -0.39 is 6.04 Å². The SMILES string of the molecule is COc1ccc2c(c1)c(CC(=O)N(C)C(c1cccnc1)c1ccc(Cl)cc1Cl)c(C)n2C(=O)c1ccc(Cl)cc1. The normalized spacial score (nSPS) is 11.9. The van der Waals surface area contributed by atoms with Crippen molar-refractivity contribution in [2.45, 2.75) is 19.4 Å². The van der Waals surface area contributed by atoms with Crippen molar-refractivity contribution < 1.29 is 14.3 Å². The van der Waals surface area contributed by atoms with Crippen molar-refractivity contribution >= 4 is 57.5 Å². The van der Waals surface area contributed by atoms with Crippen LogP contribution in [0.4, 0.5) is 0 Å². The molecule has 41 heavy (non-hydrogen) atoms. The van der Waals surface area contributed by atoms with E-state index >= 15 is 0 Å². The second-order valence-corrected chi connectivity index (χ2v) is 10.9. The molecule has 0 N–H and O–H groups in total. The number of halogens is 3. The molecular weight excluding hydrogens is 581 g/mol. The highest BCUT2D eigenvalue weighted by molar-refractivity contribution is 6.35. The number of benzene rings is 3. The monoisotopic (exact) mass is 605 g/mol. The van der Waals surface area contributed by atoms with E-state index in [1.165, 1.54) is 0 Å². The number of carbonyl (C=O) groups excluding carboxylic acids is 2. The molecule has 0 aliphatic heterocycles. The summed E-state index contributed by atoms with van der Waals surface area (Å²) >= 11 is 18.8. The molecule has 2 aromatic heterocycles. The van der Waals surface area contributed by atoms with Gasteiger partial charge in [-0.3, -0.25) is 19.1 Å². The number of ether oxygens (including phenoxy) is 1. The van der Waals surface area contributed by atoms with Crippen LogP contribution in [0.25, 0.3) is 10.9 Å². The van der Waals surface area contributed by atoms with E-state index in [1.807, 2.05) is 37.3 Å². The van der Waals surface area contributed by atoms with Crippen LogP contribution in [0.5, 0.6) is 5.75 Å². The second-order valence-electron chi connectivity index (χ2n) is 9.63. The summed E-state index contributed by atoms with van der Waals surface area (Å²) in [5, 5.41) is 2.24. The van der Waals surface area contributed by atoms with Gasteiger partial charge in [-0.1, -0.05) is 46.9 Å². The van der Waals surface area contributed by atoms with E-state index in [4.69, 9.17) is 39.5 Å². The molecule has 9 heteroatoms. The molecule has 0 bridgehead atoms. The Labute approximate surface area is 253 Å². The summed E-state index contributed by atoms with van der Waals surface area (Å²) in [6.45, 7) is 1.84. The zero-order valence-corrected chi connectivity index (χ0v) is 24.8. The Hall–Kier alpha value is -3.84. The lowest BCUT2D eigenvalue weighted by Gasteiger charge is -2.30. The highest BCUT2D eigenvalue weighted by Crippen LogP contribution is 2.36. The van der Waals surface area contributed by atoms with Gasteiger partial charge in [-0.15, -0.1) is 0 Å². The van der Waals surface area contributed by atoms with E-state index in [1.54, 1.807) is 78.5 Å². The molecule has 2 heterocycles. The summed E-state index contributed by atoms with van der Waals surface area (Å²) in [5.41, 5.74) is 4.07. The molecule has 1 unspecified atom stereocenters. The molecule has 0 saturated heterocycles. The Balaban J connectivity index is 1.58. The lowest BCUT2D eigenvalue weighted by Crippen LogP contribution is -2.33. The minimum Gasteiger partial charge on any atom is -0.497 e. The van der Waals surface area contributed by atoms with Crippen molar-refractivity contribution in [2.24, 2.45) is 0 Å². The number of aromatic nitrogens is 2. The third-order valence-electron chi connectivity index (χ3n) is 7.20. The van der Waals surface area contributed by atoms with E-state index in [0.717, 1.165) is 22.1 Å². The van der Waals surface area contributed by atoms with Crippen LogP contribution < -0.4 is 4.74 Å². The number of pyridine rings is 1. The first-order valence-corrected chi connectivity index (χ1v) is 13.9. The topological polar surface area (TPSA) is 64.4 Å². The summed E-state index contributed by atoms with van der Waals surface area (Å²) in [7, 11) is 3.32. The second kappa shape index (κ2) is 12.0. The largest absolute Gasteiger partial charge is 0.497 e. The van der Waals surface area contributed by atoms with Crippen LogP contribution in [0, 0.1) is 6.92 Å². The van der Waals surface area contributed by atoms with Crippen LogP contribution >= 0.6 is 34.8 Å². The molecular formula is C32H26Cl3N3O3. The van der Waals surface area contributed by atoms with Gasteiger partial charge in [0.2, 0.25) is 5.91 Å². The van der Waals surface area contributed by atoms with Crippen LogP contribution in [0.1, 0.15) is 38.8 Å². The van der Waals surface area contributed by atoms with Crippen LogP contribution in [0.2, 0.25) is 15.1 Å². The molecule has 1 amide bonds. The number of carbonyl (C=O) groups is 2. The fourth-order valence-corrected chi connectivity index (χ4v) is 5.73. The molecule has 208 valence electrons. The quantitative estimate of drug-likeness (QED) is 0.190. The van der Waals surface area contributed by atoms with Gasteiger partial charge in [0.05, 0.1) is 25.1 Å². The highest BCUT2D eigenvalue weighted by atomic mass is 35.5. The van der Waals surface area contributed by atoms with Gasteiger partial charge < -0.3 is 9.64 Å². The Morgan fingerprint density at radius 3 is 2.37 bits per heavy atom. The molecule has 5 aromatic rings. The summed E-state index contributed by atoms with van der Waals surface area (Å²) in [4.78, 5) is 33.6. The van der Waals surface area contributed by atoms with Gasteiger partial charge in [0.1, 0.15) is 5.75 Å². The maximum atomic E-state index is 14.0.